The van der Waals surface area contributed by atoms with Crippen LogP contribution < -0.4 is 5.30 Å². The number of unbranched alkanes of at least 4 members (excludes halogenated alkanes) is 2. The third kappa shape index (κ3) is 6.63. The first kappa shape index (κ1) is 14.2. The van der Waals surface area contributed by atoms with E-state index in [4.69, 9.17) is 4.52 Å². The van der Waals surface area contributed by atoms with Crippen LogP contribution in [0.2, 0.25) is 0 Å². The van der Waals surface area contributed by atoms with Gasteiger partial charge in [-0.05, 0) is 11.7 Å². The first-order valence-corrected chi connectivity index (χ1v) is 5.77. The van der Waals surface area contributed by atoms with E-state index < -0.39 is 0 Å². The van der Waals surface area contributed by atoms with Crippen molar-refractivity contribution in [3.8, 4) is 0 Å². The van der Waals surface area contributed by atoms with Gasteiger partial charge in [-0.1, -0.05) is 50.1 Å². The number of benzene rings is 1. The molecule has 14 heavy (non-hydrogen) atoms. The van der Waals surface area contributed by atoms with Gasteiger partial charge in [0.25, 0.3) is 0 Å². The molecule has 3 heteroatoms. The first-order valence-electron chi connectivity index (χ1n) is 4.86. The molecule has 0 saturated carbocycles. The normalized spacial score (nSPS) is 10.4. The van der Waals surface area contributed by atoms with E-state index in [1.165, 1.54) is 24.6 Å². The van der Waals surface area contributed by atoms with Crippen LogP contribution in [0.4, 0.5) is 0 Å². The van der Waals surface area contributed by atoms with Crippen LogP contribution in [0.5, 0.6) is 0 Å². The van der Waals surface area contributed by atoms with Gasteiger partial charge in [0.15, 0.2) is 0 Å². The quantitative estimate of drug-likeness (QED) is 0.392. The van der Waals surface area contributed by atoms with Crippen LogP contribution in [0.1, 0.15) is 26.2 Å². The van der Waals surface area contributed by atoms with Crippen LogP contribution in [-0.4, -0.2) is 25.5 Å². The molecular formula is C11H17LiOP. The second-order valence-corrected chi connectivity index (χ2v) is 4.09. The van der Waals surface area contributed by atoms with Crippen LogP contribution in [0.3, 0.4) is 0 Å². The van der Waals surface area contributed by atoms with Crippen molar-refractivity contribution in [2.24, 2.45) is 0 Å². The van der Waals surface area contributed by atoms with Gasteiger partial charge in [-0.2, -0.15) is 0 Å². The molecule has 0 bridgehead atoms. The van der Waals surface area contributed by atoms with Crippen molar-refractivity contribution in [2.75, 3.05) is 6.61 Å². The Morgan fingerprint density at radius 2 is 1.86 bits per heavy atom. The molecule has 1 nitrogen and oxygen atoms in total. The molecule has 0 amide bonds. The molecule has 1 unspecified atom stereocenters. The monoisotopic (exact) mass is 203 g/mol. The molecule has 1 rings (SSSR count). The summed E-state index contributed by atoms with van der Waals surface area (Å²) < 4.78 is 5.55. The van der Waals surface area contributed by atoms with E-state index >= 15 is 0 Å². The summed E-state index contributed by atoms with van der Waals surface area (Å²) in [6.07, 6.45) is 3.73. The van der Waals surface area contributed by atoms with E-state index in [1.54, 1.807) is 0 Å². The van der Waals surface area contributed by atoms with Gasteiger partial charge in [0.05, 0.1) is 6.61 Å². The van der Waals surface area contributed by atoms with E-state index in [0.717, 1.165) is 6.61 Å². The SMILES string of the molecule is CCCCCOPc1ccccc1.[Li]. The molecule has 0 spiro atoms. The van der Waals surface area contributed by atoms with Gasteiger partial charge in [0, 0.05) is 27.7 Å². The van der Waals surface area contributed by atoms with Gasteiger partial charge in [0.1, 0.15) is 0 Å². The molecule has 1 aromatic rings. The Kier molecular flexibility index (Phi) is 9.90. The summed E-state index contributed by atoms with van der Waals surface area (Å²) in [5, 5.41) is 1.29. The average Bonchev–Trinajstić information content (AvgIpc) is 2.19. The van der Waals surface area contributed by atoms with E-state index in [0.29, 0.717) is 8.81 Å². The number of rotatable bonds is 6. The predicted molar refractivity (Wildman–Crippen MR) is 65.6 cm³/mol. The first-order chi connectivity index (χ1) is 6.43. The molecule has 0 aliphatic carbocycles. The topological polar surface area (TPSA) is 9.23 Å². The Hall–Kier alpha value is 0.207. The molecule has 0 heterocycles. The van der Waals surface area contributed by atoms with Crippen molar-refractivity contribution in [3.05, 3.63) is 30.3 Å². The Labute approximate surface area is 101 Å². The molecule has 1 atom stereocenters. The summed E-state index contributed by atoms with van der Waals surface area (Å²) in [4.78, 5) is 0. The van der Waals surface area contributed by atoms with Crippen molar-refractivity contribution in [1.82, 2.24) is 0 Å². The fourth-order valence-electron chi connectivity index (χ4n) is 1.06. The van der Waals surface area contributed by atoms with Crippen LogP contribution in [0, 0.1) is 0 Å². The maximum atomic E-state index is 5.55. The van der Waals surface area contributed by atoms with Crippen LogP contribution in [0.25, 0.3) is 0 Å². The van der Waals surface area contributed by atoms with Crippen molar-refractivity contribution in [1.29, 1.82) is 0 Å². The zero-order chi connectivity index (χ0) is 9.36. The molecule has 0 N–H and O–H groups in total. The number of hydrogen-bond donors (Lipinski definition) is 0. The Balaban J connectivity index is 0.00000169. The summed E-state index contributed by atoms with van der Waals surface area (Å²) in [5.74, 6) is 0. The summed E-state index contributed by atoms with van der Waals surface area (Å²) in [6.45, 7) is 3.11. The van der Waals surface area contributed by atoms with Crippen LogP contribution >= 0.6 is 8.81 Å². The average molecular weight is 203 g/mol. The maximum Gasteiger partial charge on any atom is 0.0509 e. The Bertz CT molecular complexity index is 216. The van der Waals surface area contributed by atoms with Gasteiger partial charge < -0.3 is 4.52 Å². The van der Waals surface area contributed by atoms with Crippen LogP contribution in [-0.2, 0) is 4.52 Å². The van der Waals surface area contributed by atoms with Gasteiger partial charge in [-0.25, -0.2) is 0 Å². The zero-order valence-electron chi connectivity index (χ0n) is 9.12. The Morgan fingerprint density at radius 1 is 1.14 bits per heavy atom. The molecule has 0 fully saturated rings. The third-order valence-corrected chi connectivity index (χ3v) is 2.73. The smallest absolute Gasteiger partial charge is 0.0509 e. The molecule has 0 aromatic heterocycles. The van der Waals surface area contributed by atoms with E-state index in [2.05, 4.69) is 31.2 Å². The maximum absolute atomic E-state index is 5.55. The van der Waals surface area contributed by atoms with Gasteiger partial charge in [0.2, 0.25) is 0 Å². The van der Waals surface area contributed by atoms with E-state index in [1.807, 2.05) is 6.07 Å². The summed E-state index contributed by atoms with van der Waals surface area (Å²) in [5.41, 5.74) is 0. The minimum Gasteiger partial charge on any atom is -0.358 e. The van der Waals surface area contributed by atoms with E-state index in [9.17, 15) is 0 Å². The van der Waals surface area contributed by atoms with Crippen molar-refractivity contribution < 1.29 is 4.52 Å². The second kappa shape index (κ2) is 9.75. The summed E-state index contributed by atoms with van der Waals surface area (Å²) in [7, 11) is 0.516. The molecule has 73 valence electrons. The van der Waals surface area contributed by atoms with Crippen LogP contribution in [0.15, 0.2) is 30.3 Å². The minimum absolute atomic E-state index is 0. The third-order valence-electron chi connectivity index (χ3n) is 1.81. The van der Waals surface area contributed by atoms with Crippen molar-refractivity contribution >= 4 is 33.0 Å². The number of hydrogen-bond acceptors (Lipinski definition) is 1. The molecule has 1 radical (unpaired) electrons. The van der Waals surface area contributed by atoms with Gasteiger partial charge in [-0.15, -0.1) is 0 Å². The fraction of sp³-hybridized carbons (Fsp3) is 0.455. The second-order valence-electron chi connectivity index (χ2n) is 3.02. The summed E-state index contributed by atoms with van der Waals surface area (Å²) in [6, 6.07) is 10.4. The van der Waals surface area contributed by atoms with Crippen molar-refractivity contribution in [3.63, 3.8) is 0 Å². The Morgan fingerprint density at radius 3 is 2.50 bits per heavy atom. The standard InChI is InChI=1S/C11H17OP.Li/c1-2-3-7-10-12-13-11-8-5-4-6-9-11;/h4-6,8-9,13H,2-3,7,10H2,1H3;. The van der Waals surface area contributed by atoms with Crippen molar-refractivity contribution in [2.45, 2.75) is 26.2 Å². The van der Waals surface area contributed by atoms with Gasteiger partial charge in [-0.3, -0.25) is 0 Å². The molecule has 0 aliphatic heterocycles. The molecule has 0 saturated heterocycles. The molecule has 1 aromatic carbocycles. The van der Waals surface area contributed by atoms with E-state index in [-0.39, 0.29) is 18.9 Å². The minimum atomic E-state index is 0. The molecular weight excluding hydrogens is 186 g/mol. The predicted octanol–water partition coefficient (Wildman–Crippen LogP) is 2.73. The van der Waals surface area contributed by atoms with Gasteiger partial charge >= 0.3 is 0 Å². The molecule has 0 aliphatic rings. The zero-order valence-corrected chi connectivity index (χ0v) is 10.1. The summed E-state index contributed by atoms with van der Waals surface area (Å²) >= 11 is 0. The largest absolute Gasteiger partial charge is 0.358 e. The fourth-order valence-corrected chi connectivity index (χ4v) is 1.81.